The van der Waals surface area contributed by atoms with E-state index in [0.717, 1.165) is 74.7 Å². The second-order valence-corrected chi connectivity index (χ2v) is 8.79. The first kappa shape index (κ1) is 20.8. The van der Waals surface area contributed by atoms with Crippen molar-refractivity contribution in [2.24, 2.45) is 0 Å². The second kappa shape index (κ2) is 10.0. The van der Waals surface area contributed by atoms with Crippen molar-refractivity contribution in [1.82, 2.24) is 10.2 Å². The highest BCUT2D eigenvalue weighted by atomic mass is 32.2. The molecular weight excluding hydrogens is 394 g/mol. The molecule has 6 heteroatoms. The van der Waals surface area contributed by atoms with Crippen LogP contribution >= 0.6 is 11.8 Å². The number of para-hydroxylation sites is 2. The molecule has 2 aromatic carbocycles. The van der Waals surface area contributed by atoms with E-state index in [1.807, 2.05) is 36.4 Å². The predicted octanol–water partition coefficient (Wildman–Crippen LogP) is 3.60. The van der Waals surface area contributed by atoms with E-state index < -0.39 is 0 Å². The number of nitrogens with one attached hydrogen (secondary N) is 1. The number of thioether (sulfide) groups is 1. The molecular formula is C24H29N3O2S. The van der Waals surface area contributed by atoms with Crippen molar-refractivity contribution in [2.75, 3.05) is 49.9 Å². The molecule has 30 heavy (non-hydrogen) atoms. The minimum atomic E-state index is 0.0632. The van der Waals surface area contributed by atoms with Crippen molar-refractivity contribution >= 4 is 29.4 Å². The number of anilines is 1. The average Bonchev–Trinajstić information content (AvgIpc) is 2.79. The maximum atomic E-state index is 12.4. The van der Waals surface area contributed by atoms with Crippen LogP contribution in [-0.4, -0.2) is 60.9 Å². The molecule has 2 N–H and O–H groups in total. The number of benzene rings is 2. The van der Waals surface area contributed by atoms with E-state index in [4.69, 9.17) is 0 Å². The SMILES string of the molecule is O=C(NCCCCN1CCN(c2ccccc2O)CC1)C1=Cc2ccccc2SC1. The molecule has 0 aliphatic carbocycles. The van der Waals surface area contributed by atoms with Gasteiger partial charge in [-0.15, -0.1) is 11.8 Å². The quantitative estimate of drug-likeness (QED) is 0.667. The summed E-state index contributed by atoms with van der Waals surface area (Å²) in [4.78, 5) is 18.4. The van der Waals surface area contributed by atoms with E-state index in [1.165, 1.54) is 4.90 Å². The van der Waals surface area contributed by atoms with Crippen molar-refractivity contribution in [1.29, 1.82) is 0 Å². The van der Waals surface area contributed by atoms with Gasteiger partial charge in [0.1, 0.15) is 5.75 Å². The Morgan fingerprint density at radius 3 is 2.60 bits per heavy atom. The van der Waals surface area contributed by atoms with Gasteiger partial charge in [-0.25, -0.2) is 0 Å². The summed E-state index contributed by atoms with van der Waals surface area (Å²) in [5.41, 5.74) is 2.93. The smallest absolute Gasteiger partial charge is 0.248 e. The second-order valence-electron chi connectivity index (χ2n) is 7.78. The van der Waals surface area contributed by atoms with Crippen LogP contribution < -0.4 is 10.2 Å². The summed E-state index contributed by atoms with van der Waals surface area (Å²) in [5, 5.41) is 13.1. The first-order valence-corrected chi connectivity index (χ1v) is 11.7. The molecule has 0 aromatic heterocycles. The van der Waals surface area contributed by atoms with Crippen molar-refractivity contribution in [2.45, 2.75) is 17.7 Å². The van der Waals surface area contributed by atoms with E-state index in [-0.39, 0.29) is 5.91 Å². The number of carbonyl (C=O) groups is 1. The van der Waals surface area contributed by atoms with Crippen LogP contribution in [-0.2, 0) is 4.79 Å². The maximum Gasteiger partial charge on any atom is 0.248 e. The third-order valence-corrected chi connectivity index (χ3v) is 6.84. The molecule has 0 atom stereocenters. The maximum absolute atomic E-state index is 12.4. The van der Waals surface area contributed by atoms with E-state index in [9.17, 15) is 9.90 Å². The van der Waals surface area contributed by atoms with Gasteiger partial charge >= 0.3 is 0 Å². The summed E-state index contributed by atoms with van der Waals surface area (Å²) in [6.07, 6.45) is 4.08. The van der Waals surface area contributed by atoms with Gasteiger partial charge in [-0.05, 0) is 49.2 Å². The first-order chi connectivity index (χ1) is 14.7. The van der Waals surface area contributed by atoms with E-state index >= 15 is 0 Å². The number of phenolic OH excluding ortho intramolecular Hbond substituents is 1. The largest absolute Gasteiger partial charge is 0.506 e. The summed E-state index contributed by atoms with van der Waals surface area (Å²) < 4.78 is 0. The molecule has 0 saturated carbocycles. The zero-order valence-corrected chi connectivity index (χ0v) is 18.0. The monoisotopic (exact) mass is 423 g/mol. The molecule has 0 bridgehead atoms. The fourth-order valence-corrected chi connectivity index (χ4v) is 4.96. The third kappa shape index (κ3) is 5.18. The van der Waals surface area contributed by atoms with E-state index in [0.29, 0.717) is 5.75 Å². The van der Waals surface area contributed by atoms with Crippen LogP contribution in [0.25, 0.3) is 6.08 Å². The van der Waals surface area contributed by atoms with Crippen molar-refractivity contribution in [3.8, 4) is 5.75 Å². The summed E-state index contributed by atoms with van der Waals surface area (Å²) in [7, 11) is 0. The highest BCUT2D eigenvalue weighted by Crippen LogP contribution is 2.31. The van der Waals surface area contributed by atoms with Gasteiger partial charge in [-0.2, -0.15) is 0 Å². The highest BCUT2D eigenvalue weighted by Gasteiger charge is 2.19. The molecule has 2 aliphatic heterocycles. The van der Waals surface area contributed by atoms with Gasteiger partial charge in [-0.3, -0.25) is 9.69 Å². The molecule has 1 amide bonds. The Bertz CT molecular complexity index is 907. The number of aromatic hydroxyl groups is 1. The molecule has 1 saturated heterocycles. The lowest BCUT2D eigenvalue weighted by Crippen LogP contribution is -2.46. The Hall–Kier alpha value is -2.44. The molecule has 2 aliphatic rings. The van der Waals surface area contributed by atoms with Crippen molar-refractivity contribution in [3.63, 3.8) is 0 Å². The number of amides is 1. The van der Waals surface area contributed by atoms with Crippen molar-refractivity contribution in [3.05, 3.63) is 59.7 Å². The molecule has 2 heterocycles. The lowest BCUT2D eigenvalue weighted by molar-refractivity contribution is -0.117. The molecule has 158 valence electrons. The van der Waals surface area contributed by atoms with Gasteiger partial charge in [0.05, 0.1) is 5.69 Å². The minimum Gasteiger partial charge on any atom is -0.506 e. The van der Waals surface area contributed by atoms with Gasteiger partial charge in [0, 0.05) is 48.9 Å². The van der Waals surface area contributed by atoms with E-state index in [1.54, 1.807) is 17.8 Å². The number of hydrogen-bond acceptors (Lipinski definition) is 5. The Kier molecular flexibility index (Phi) is 6.97. The van der Waals surface area contributed by atoms with Gasteiger partial charge in [0.15, 0.2) is 0 Å². The Morgan fingerprint density at radius 1 is 1.00 bits per heavy atom. The van der Waals surface area contributed by atoms with Gasteiger partial charge in [0.2, 0.25) is 5.91 Å². The molecule has 2 aromatic rings. The van der Waals surface area contributed by atoms with Gasteiger partial charge in [-0.1, -0.05) is 30.3 Å². The molecule has 5 nitrogen and oxygen atoms in total. The number of nitrogens with zero attached hydrogens (tertiary/aromatic N) is 2. The summed E-state index contributed by atoms with van der Waals surface area (Å²) in [6, 6.07) is 15.8. The summed E-state index contributed by atoms with van der Waals surface area (Å²) in [6.45, 7) is 5.65. The number of hydrogen-bond donors (Lipinski definition) is 2. The zero-order valence-electron chi connectivity index (χ0n) is 17.2. The first-order valence-electron chi connectivity index (χ1n) is 10.7. The highest BCUT2D eigenvalue weighted by molar-refractivity contribution is 7.99. The standard InChI is InChI=1S/C24H29N3O2S/c28-22-9-3-2-8-21(22)27-15-13-26(14-16-27)12-6-5-11-25-24(29)20-17-19-7-1-4-10-23(19)30-18-20/h1-4,7-10,17,28H,5-6,11-16,18H2,(H,25,29). The van der Waals surface area contributed by atoms with Crippen LogP contribution in [0.3, 0.4) is 0 Å². The fraction of sp³-hybridized carbons (Fsp3) is 0.375. The van der Waals surface area contributed by atoms with Crippen LogP contribution in [0.4, 0.5) is 5.69 Å². The normalized spacial score (nSPS) is 16.7. The van der Waals surface area contributed by atoms with Crippen LogP contribution in [0.5, 0.6) is 5.75 Å². The number of rotatable bonds is 7. The third-order valence-electron chi connectivity index (χ3n) is 5.70. The molecule has 0 spiro atoms. The average molecular weight is 424 g/mol. The Morgan fingerprint density at radius 2 is 1.77 bits per heavy atom. The fourth-order valence-electron chi connectivity index (χ4n) is 3.97. The van der Waals surface area contributed by atoms with Crippen LogP contribution in [0.1, 0.15) is 18.4 Å². The topological polar surface area (TPSA) is 55.8 Å². The van der Waals surface area contributed by atoms with Gasteiger partial charge in [0.25, 0.3) is 0 Å². The Balaban J connectivity index is 1.13. The molecule has 1 fully saturated rings. The van der Waals surface area contributed by atoms with E-state index in [2.05, 4.69) is 27.2 Å². The lowest BCUT2D eigenvalue weighted by atomic mass is 10.1. The van der Waals surface area contributed by atoms with Crippen LogP contribution in [0, 0.1) is 0 Å². The zero-order chi connectivity index (χ0) is 20.8. The molecule has 0 radical (unpaired) electrons. The lowest BCUT2D eigenvalue weighted by Gasteiger charge is -2.36. The number of fused-ring (bicyclic) bond motifs is 1. The number of phenols is 1. The number of piperazine rings is 1. The number of carbonyl (C=O) groups excluding carboxylic acids is 1. The molecule has 0 unspecified atom stereocenters. The number of unbranched alkanes of at least 4 members (excludes halogenated alkanes) is 1. The summed E-state index contributed by atoms with van der Waals surface area (Å²) in [5.74, 6) is 1.16. The summed E-state index contributed by atoms with van der Waals surface area (Å²) >= 11 is 1.73. The van der Waals surface area contributed by atoms with Crippen LogP contribution in [0.15, 0.2) is 59.0 Å². The van der Waals surface area contributed by atoms with Crippen LogP contribution in [0.2, 0.25) is 0 Å². The minimum absolute atomic E-state index is 0.0632. The predicted molar refractivity (Wildman–Crippen MR) is 124 cm³/mol. The molecule has 4 rings (SSSR count). The van der Waals surface area contributed by atoms with Gasteiger partial charge < -0.3 is 15.3 Å². The Labute approximate surface area is 182 Å². The van der Waals surface area contributed by atoms with Crippen molar-refractivity contribution < 1.29 is 9.90 Å².